The van der Waals surface area contributed by atoms with Gasteiger partial charge in [-0.1, -0.05) is 32.5 Å². The van der Waals surface area contributed by atoms with Crippen molar-refractivity contribution in [1.29, 1.82) is 0 Å². The van der Waals surface area contributed by atoms with Gasteiger partial charge in [-0.25, -0.2) is 9.78 Å². The summed E-state index contributed by atoms with van der Waals surface area (Å²) in [5.41, 5.74) is 0.214. The summed E-state index contributed by atoms with van der Waals surface area (Å²) in [5.74, 6) is 1.61. The lowest BCUT2D eigenvalue weighted by molar-refractivity contribution is -0.129. The summed E-state index contributed by atoms with van der Waals surface area (Å²) in [6.45, 7) is 7.84. The van der Waals surface area contributed by atoms with Crippen molar-refractivity contribution in [3.05, 3.63) is 46.4 Å². The number of cyclic esters (lactones) is 1. The lowest BCUT2D eigenvalue weighted by Crippen LogP contribution is -2.47. The second-order valence-electron chi connectivity index (χ2n) is 10.2. The SMILES string of the molecule is COc1ccc(OCC2CN(C3CCN(C(=O)CSc4nc(C(C)(C)C)cc(=O)[nH]4)CC3)C(=O)O2)cc1. The molecule has 2 amide bonds. The number of amides is 2. The van der Waals surface area contributed by atoms with E-state index in [4.69, 9.17) is 14.2 Å². The molecule has 0 aliphatic carbocycles. The number of methoxy groups -OCH3 is 1. The van der Waals surface area contributed by atoms with Crippen LogP contribution in [-0.2, 0) is 14.9 Å². The van der Waals surface area contributed by atoms with E-state index in [-0.39, 0.29) is 47.5 Å². The number of piperidine rings is 1. The molecule has 1 unspecified atom stereocenters. The summed E-state index contributed by atoms with van der Waals surface area (Å²) in [5, 5.41) is 0.448. The molecule has 10 nitrogen and oxygen atoms in total. The number of nitrogens with zero attached hydrogens (tertiary/aromatic N) is 3. The highest BCUT2D eigenvalue weighted by molar-refractivity contribution is 7.99. The summed E-state index contributed by atoms with van der Waals surface area (Å²) in [6.07, 6.45) is 0.694. The Morgan fingerprint density at radius 3 is 2.49 bits per heavy atom. The number of benzene rings is 1. The van der Waals surface area contributed by atoms with Gasteiger partial charge in [-0.05, 0) is 37.1 Å². The van der Waals surface area contributed by atoms with Crippen LogP contribution >= 0.6 is 11.8 Å². The number of carbonyl (C=O) groups is 2. The van der Waals surface area contributed by atoms with Crippen molar-refractivity contribution < 1.29 is 23.8 Å². The van der Waals surface area contributed by atoms with Crippen LogP contribution in [0.2, 0.25) is 0 Å². The molecule has 2 fully saturated rings. The van der Waals surface area contributed by atoms with E-state index in [0.717, 1.165) is 5.75 Å². The summed E-state index contributed by atoms with van der Waals surface area (Å²) < 4.78 is 16.4. The molecule has 37 heavy (non-hydrogen) atoms. The van der Waals surface area contributed by atoms with Crippen molar-refractivity contribution >= 4 is 23.8 Å². The Kier molecular flexibility index (Phi) is 8.31. The Balaban J connectivity index is 1.22. The molecule has 2 aliphatic rings. The van der Waals surface area contributed by atoms with Crippen molar-refractivity contribution in [2.45, 2.75) is 56.3 Å². The van der Waals surface area contributed by atoms with Gasteiger partial charge in [-0.15, -0.1) is 0 Å². The van der Waals surface area contributed by atoms with E-state index in [2.05, 4.69) is 9.97 Å². The van der Waals surface area contributed by atoms with E-state index < -0.39 is 0 Å². The molecule has 1 aromatic carbocycles. The Bertz CT molecular complexity index is 1150. The first-order chi connectivity index (χ1) is 17.6. The van der Waals surface area contributed by atoms with Gasteiger partial charge in [0.05, 0.1) is 25.1 Å². The molecule has 0 saturated carbocycles. The maximum Gasteiger partial charge on any atom is 0.410 e. The van der Waals surface area contributed by atoms with Gasteiger partial charge < -0.3 is 29.0 Å². The first kappa shape index (κ1) is 26.8. The van der Waals surface area contributed by atoms with E-state index in [1.54, 1.807) is 16.9 Å². The minimum atomic E-state index is -0.343. The number of carbonyl (C=O) groups excluding carboxylic acids is 2. The fraction of sp³-hybridized carbons (Fsp3) is 0.538. The third kappa shape index (κ3) is 6.97. The molecular formula is C26H34N4O6S. The molecule has 3 heterocycles. The highest BCUT2D eigenvalue weighted by Gasteiger charge is 2.38. The average molecular weight is 531 g/mol. The zero-order valence-electron chi connectivity index (χ0n) is 21.7. The fourth-order valence-corrected chi connectivity index (χ4v) is 5.10. The van der Waals surface area contributed by atoms with Gasteiger partial charge >= 0.3 is 6.09 Å². The van der Waals surface area contributed by atoms with Crippen LogP contribution in [0.25, 0.3) is 0 Å². The normalized spacial score (nSPS) is 18.6. The number of ether oxygens (including phenoxy) is 3. The van der Waals surface area contributed by atoms with Crippen molar-refractivity contribution in [2.24, 2.45) is 0 Å². The number of H-pyrrole nitrogens is 1. The summed E-state index contributed by atoms with van der Waals surface area (Å²) in [7, 11) is 1.61. The molecule has 200 valence electrons. The molecule has 2 aliphatic heterocycles. The third-order valence-corrected chi connectivity index (χ3v) is 7.33. The van der Waals surface area contributed by atoms with Crippen molar-refractivity contribution in [2.75, 3.05) is 39.1 Å². The van der Waals surface area contributed by atoms with Crippen LogP contribution in [0.3, 0.4) is 0 Å². The van der Waals surface area contributed by atoms with E-state index in [1.807, 2.05) is 45.0 Å². The first-order valence-corrected chi connectivity index (χ1v) is 13.4. The summed E-state index contributed by atoms with van der Waals surface area (Å²) >= 11 is 1.24. The second-order valence-corrected chi connectivity index (χ2v) is 11.2. The fourth-order valence-electron chi connectivity index (χ4n) is 4.32. The molecule has 0 radical (unpaired) electrons. The van der Waals surface area contributed by atoms with E-state index in [1.165, 1.54) is 17.8 Å². The predicted molar refractivity (Wildman–Crippen MR) is 139 cm³/mol. The Morgan fingerprint density at radius 1 is 1.16 bits per heavy atom. The molecule has 4 rings (SSSR count). The number of likely N-dealkylation sites (tertiary alicyclic amines) is 1. The monoisotopic (exact) mass is 530 g/mol. The summed E-state index contributed by atoms with van der Waals surface area (Å²) in [6, 6.07) is 8.77. The number of thioether (sulfide) groups is 1. The molecular weight excluding hydrogens is 496 g/mol. The number of hydrogen-bond acceptors (Lipinski definition) is 8. The molecule has 1 aromatic heterocycles. The van der Waals surface area contributed by atoms with E-state index in [0.29, 0.717) is 49.1 Å². The number of aromatic amines is 1. The van der Waals surface area contributed by atoms with Gasteiger partial charge in [0.25, 0.3) is 5.56 Å². The van der Waals surface area contributed by atoms with E-state index in [9.17, 15) is 14.4 Å². The first-order valence-electron chi connectivity index (χ1n) is 12.4. The smallest absolute Gasteiger partial charge is 0.410 e. The van der Waals surface area contributed by atoms with Crippen molar-refractivity contribution in [3.63, 3.8) is 0 Å². The molecule has 0 spiro atoms. The summed E-state index contributed by atoms with van der Waals surface area (Å²) in [4.78, 5) is 48.1. The number of rotatable bonds is 8. The zero-order valence-corrected chi connectivity index (χ0v) is 22.5. The molecule has 2 saturated heterocycles. The minimum Gasteiger partial charge on any atom is -0.497 e. The van der Waals surface area contributed by atoms with Crippen LogP contribution in [0.15, 0.2) is 40.3 Å². The molecule has 0 bridgehead atoms. The van der Waals surface area contributed by atoms with Crippen molar-refractivity contribution in [3.8, 4) is 11.5 Å². The molecule has 1 atom stereocenters. The highest BCUT2D eigenvalue weighted by atomic mass is 32.2. The maximum atomic E-state index is 12.8. The van der Waals surface area contributed by atoms with Crippen LogP contribution in [0.5, 0.6) is 11.5 Å². The van der Waals surface area contributed by atoms with Crippen molar-refractivity contribution in [1.82, 2.24) is 19.8 Å². The van der Waals surface area contributed by atoms with Gasteiger partial charge in [0.2, 0.25) is 5.91 Å². The number of aromatic nitrogens is 2. The molecule has 1 N–H and O–H groups in total. The maximum absolute atomic E-state index is 12.8. The Labute approximate surface area is 220 Å². The Morgan fingerprint density at radius 2 is 1.84 bits per heavy atom. The van der Waals surface area contributed by atoms with Crippen LogP contribution in [0.4, 0.5) is 4.79 Å². The molecule has 2 aromatic rings. The standard InChI is InChI=1S/C26H34N4O6S/c1-26(2,3)21-13-22(31)28-24(27-21)37-16-23(32)29-11-9-17(10-12-29)30-14-20(36-25(30)33)15-35-19-7-5-18(34-4)6-8-19/h5-8,13,17,20H,9-12,14-16H2,1-4H3,(H,27,28,31). The van der Waals surface area contributed by atoms with Gasteiger partial charge in [0.1, 0.15) is 18.1 Å². The second kappa shape index (κ2) is 11.5. The average Bonchev–Trinajstić information content (AvgIpc) is 3.26. The zero-order chi connectivity index (χ0) is 26.6. The number of hydrogen-bond donors (Lipinski definition) is 1. The quantitative estimate of drug-likeness (QED) is 0.409. The van der Waals surface area contributed by atoms with Gasteiger partial charge in [0, 0.05) is 30.6 Å². The van der Waals surface area contributed by atoms with Gasteiger partial charge in [0.15, 0.2) is 11.3 Å². The lowest BCUT2D eigenvalue weighted by Gasteiger charge is -2.35. The van der Waals surface area contributed by atoms with Crippen LogP contribution in [0.1, 0.15) is 39.3 Å². The highest BCUT2D eigenvalue weighted by Crippen LogP contribution is 2.25. The van der Waals surface area contributed by atoms with Crippen LogP contribution < -0.4 is 15.0 Å². The van der Waals surface area contributed by atoms with Gasteiger partial charge in [-0.2, -0.15) is 0 Å². The van der Waals surface area contributed by atoms with Crippen LogP contribution in [0, 0.1) is 0 Å². The largest absolute Gasteiger partial charge is 0.497 e. The third-order valence-electron chi connectivity index (χ3n) is 6.48. The molecule has 11 heteroatoms. The van der Waals surface area contributed by atoms with Gasteiger partial charge in [-0.3, -0.25) is 9.59 Å². The number of nitrogens with one attached hydrogen (secondary N) is 1. The predicted octanol–water partition coefficient (Wildman–Crippen LogP) is 3.06. The van der Waals surface area contributed by atoms with Crippen LogP contribution in [-0.4, -0.2) is 83.0 Å². The Hall–Kier alpha value is -3.21. The lowest BCUT2D eigenvalue weighted by atomic mass is 9.92. The topological polar surface area (TPSA) is 114 Å². The minimum absolute atomic E-state index is 0.0120. The van der Waals surface area contributed by atoms with E-state index >= 15 is 0 Å².